The van der Waals surface area contributed by atoms with E-state index in [0.29, 0.717) is 11.4 Å². The Kier molecular flexibility index (Phi) is 8.16. The van der Waals surface area contributed by atoms with Crippen molar-refractivity contribution in [2.75, 3.05) is 0 Å². The Bertz CT molecular complexity index is 2890. The number of furan rings is 1. The standard InChI is InChI=1S/C52H34N2O/c1-4-14-35(15-5-1)38-26-28-39(29-27-38)40-20-12-21-41(30-40)42-22-13-23-43(31-42)52-53-49(51-50(54-52)47-24-10-11-25-48(47)55-51)46-33-44(36-16-6-2-7-17-36)32-45(34-46)37-18-8-3-9-19-37/h1-34H. The molecule has 3 nitrogen and oxygen atoms in total. The van der Waals surface area contributed by atoms with E-state index in [1.165, 1.54) is 22.3 Å². The fraction of sp³-hybridized carbons (Fsp3) is 0. The third-order valence-corrected chi connectivity index (χ3v) is 10.3. The highest BCUT2D eigenvalue weighted by molar-refractivity contribution is 6.07. The molecule has 10 rings (SSSR count). The van der Waals surface area contributed by atoms with Gasteiger partial charge in [-0.3, -0.25) is 0 Å². The first-order chi connectivity index (χ1) is 27.2. The molecular formula is C52H34N2O. The van der Waals surface area contributed by atoms with Gasteiger partial charge in [-0.05, 0) is 98.1 Å². The van der Waals surface area contributed by atoms with E-state index in [2.05, 4.69) is 170 Å². The summed E-state index contributed by atoms with van der Waals surface area (Å²) in [6.45, 7) is 0. The van der Waals surface area contributed by atoms with Crippen molar-refractivity contribution in [3.8, 4) is 78.3 Å². The largest absolute Gasteiger partial charge is 0.452 e. The highest BCUT2D eigenvalue weighted by Gasteiger charge is 2.20. The zero-order chi connectivity index (χ0) is 36.6. The van der Waals surface area contributed by atoms with Crippen molar-refractivity contribution in [3.05, 3.63) is 206 Å². The van der Waals surface area contributed by atoms with Gasteiger partial charge in [-0.25, -0.2) is 9.97 Å². The van der Waals surface area contributed by atoms with Gasteiger partial charge in [0.05, 0.1) is 0 Å². The van der Waals surface area contributed by atoms with E-state index >= 15 is 0 Å². The summed E-state index contributed by atoms with van der Waals surface area (Å²) >= 11 is 0. The van der Waals surface area contributed by atoms with Crippen LogP contribution >= 0.6 is 0 Å². The van der Waals surface area contributed by atoms with Crippen LogP contribution in [0.4, 0.5) is 0 Å². The molecule has 2 aromatic heterocycles. The molecule has 0 bridgehead atoms. The van der Waals surface area contributed by atoms with E-state index in [9.17, 15) is 0 Å². The summed E-state index contributed by atoms with van der Waals surface area (Å²) in [6, 6.07) is 72.4. The number of hydrogen-bond donors (Lipinski definition) is 0. The maximum Gasteiger partial charge on any atom is 0.180 e. The van der Waals surface area contributed by atoms with Gasteiger partial charge in [0, 0.05) is 16.5 Å². The second kappa shape index (κ2) is 13.9. The monoisotopic (exact) mass is 702 g/mol. The molecular weight excluding hydrogens is 669 g/mol. The Morgan fingerprint density at radius 1 is 0.291 bits per heavy atom. The van der Waals surface area contributed by atoms with Crippen molar-refractivity contribution in [1.82, 2.24) is 9.97 Å². The zero-order valence-corrected chi connectivity index (χ0v) is 29.9. The molecule has 0 unspecified atom stereocenters. The minimum atomic E-state index is 0.648. The first-order valence-electron chi connectivity index (χ1n) is 18.6. The smallest absolute Gasteiger partial charge is 0.180 e. The highest BCUT2D eigenvalue weighted by atomic mass is 16.3. The molecule has 0 amide bonds. The second-order valence-corrected chi connectivity index (χ2v) is 13.8. The maximum absolute atomic E-state index is 6.58. The molecule has 0 saturated heterocycles. The summed E-state index contributed by atoms with van der Waals surface area (Å²) in [5, 5.41) is 0.965. The molecule has 0 atom stereocenters. The number of rotatable bonds is 7. The summed E-state index contributed by atoms with van der Waals surface area (Å²) in [7, 11) is 0. The van der Waals surface area contributed by atoms with Gasteiger partial charge in [-0.15, -0.1) is 0 Å². The van der Waals surface area contributed by atoms with E-state index in [1.807, 2.05) is 36.4 Å². The first-order valence-corrected chi connectivity index (χ1v) is 18.6. The molecule has 8 aromatic carbocycles. The van der Waals surface area contributed by atoms with E-state index in [0.717, 1.165) is 66.7 Å². The number of para-hydroxylation sites is 1. The average Bonchev–Trinajstić information content (AvgIpc) is 3.66. The van der Waals surface area contributed by atoms with Gasteiger partial charge in [0.2, 0.25) is 0 Å². The maximum atomic E-state index is 6.58. The number of hydrogen-bond acceptors (Lipinski definition) is 3. The van der Waals surface area contributed by atoms with Gasteiger partial charge in [0.1, 0.15) is 16.8 Å². The number of fused-ring (bicyclic) bond motifs is 3. The molecule has 258 valence electrons. The number of aromatic nitrogens is 2. The Hall–Kier alpha value is -7.36. The molecule has 0 aliphatic carbocycles. The van der Waals surface area contributed by atoms with Crippen molar-refractivity contribution < 1.29 is 4.42 Å². The van der Waals surface area contributed by atoms with Crippen LogP contribution < -0.4 is 0 Å². The van der Waals surface area contributed by atoms with Gasteiger partial charge >= 0.3 is 0 Å². The van der Waals surface area contributed by atoms with E-state index < -0.39 is 0 Å². The Balaban J connectivity index is 1.10. The zero-order valence-electron chi connectivity index (χ0n) is 29.9. The second-order valence-electron chi connectivity index (χ2n) is 13.8. The Morgan fingerprint density at radius 2 is 0.691 bits per heavy atom. The van der Waals surface area contributed by atoms with Crippen molar-refractivity contribution >= 4 is 22.1 Å². The van der Waals surface area contributed by atoms with Crippen LogP contribution in [-0.4, -0.2) is 9.97 Å². The lowest BCUT2D eigenvalue weighted by Crippen LogP contribution is -1.95. The average molecular weight is 703 g/mol. The van der Waals surface area contributed by atoms with Crippen LogP contribution in [0.15, 0.2) is 211 Å². The molecule has 0 radical (unpaired) electrons. The van der Waals surface area contributed by atoms with Crippen LogP contribution in [0, 0.1) is 0 Å². The topological polar surface area (TPSA) is 38.9 Å². The van der Waals surface area contributed by atoms with Crippen molar-refractivity contribution in [2.24, 2.45) is 0 Å². The van der Waals surface area contributed by atoms with Crippen LogP contribution in [0.1, 0.15) is 0 Å². The van der Waals surface area contributed by atoms with Crippen LogP contribution in [-0.2, 0) is 0 Å². The molecule has 3 heteroatoms. The third kappa shape index (κ3) is 6.28. The molecule has 0 saturated carbocycles. The summed E-state index contributed by atoms with van der Waals surface area (Å²) < 4.78 is 6.58. The Labute approximate surface area is 319 Å². The number of benzene rings is 8. The Morgan fingerprint density at radius 3 is 1.29 bits per heavy atom. The molecule has 0 spiro atoms. The lowest BCUT2D eigenvalue weighted by atomic mass is 9.94. The molecule has 0 aliphatic rings. The minimum Gasteiger partial charge on any atom is -0.452 e. The SMILES string of the molecule is c1ccc(-c2ccc(-c3cccc(-c4cccc(-c5nc(-c6cc(-c7ccccc7)cc(-c7ccccc7)c6)c6oc7ccccc7c6n5)c4)c3)cc2)cc1. The molecule has 55 heavy (non-hydrogen) atoms. The van der Waals surface area contributed by atoms with Gasteiger partial charge < -0.3 is 4.42 Å². The van der Waals surface area contributed by atoms with Crippen molar-refractivity contribution in [3.63, 3.8) is 0 Å². The summed E-state index contributed by atoms with van der Waals surface area (Å²) in [5.41, 5.74) is 16.4. The predicted octanol–water partition coefficient (Wildman–Crippen LogP) is 14.0. The van der Waals surface area contributed by atoms with Gasteiger partial charge in [0.15, 0.2) is 11.4 Å². The van der Waals surface area contributed by atoms with Gasteiger partial charge in [-0.2, -0.15) is 0 Å². The molecule has 0 N–H and O–H groups in total. The number of nitrogens with zero attached hydrogens (tertiary/aromatic N) is 2. The normalized spacial score (nSPS) is 11.3. The van der Waals surface area contributed by atoms with E-state index in [1.54, 1.807) is 0 Å². The fourth-order valence-corrected chi connectivity index (χ4v) is 7.48. The molecule has 0 fully saturated rings. The lowest BCUT2D eigenvalue weighted by Gasteiger charge is -2.12. The first kappa shape index (κ1) is 32.3. The van der Waals surface area contributed by atoms with Crippen LogP contribution in [0.25, 0.3) is 100 Å². The molecule has 0 aliphatic heterocycles. The van der Waals surface area contributed by atoms with Crippen LogP contribution in [0.5, 0.6) is 0 Å². The third-order valence-electron chi connectivity index (χ3n) is 10.3. The van der Waals surface area contributed by atoms with Crippen LogP contribution in [0.3, 0.4) is 0 Å². The van der Waals surface area contributed by atoms with Crippen molar-refractivity contribution in [1.29, 1.82) is 0 Å². The van der Waals surface area contributed by atoms with Gasteiger partial charge in [0.25, 0.3) is 0 Å². The van der Waals surface area contributed by atoms with Crippen LogP contribution in [0.2, 0.25) is 0 Å². The van der Waals surface area contributed by atoms with Crippen molar-refractivity contribution in [2.45, 2.75) is 0 Å². The van der Waals surface area contributed by atoms with E-state index in [4.69, 9.17) is 14.4 Å². The minimum absolute atomic E-state index is 0.648. The summed E-state index contributed by atoms with van der Waals surface area (Å²) in [6.07, 6.45) is 0. The van der Waals surface area contributed by atoms with Gasteiger partial charge in [-0.1, -0.05) is 164 Å². The van der Waals surface area contributed by atoms with E-state index in [-0.39, 0.29) is 0 Å². The predicted molar refractivity (Wildman–Crippen MR) is 227 cm³/mol. The fourth-order valence-electron chi connectivity index (χ4n) is 7.48. The molecule has 10 aromatic rings. The quantitative estimate of drug-likeness (QED) is 0.166. The summed E-state index contributed by atoms with van der Waals surface area (Å²) in [5.74, 6) is 0.648. The summed E-state index contributed by atoms with van der Waals surface area (Å²) in [4.78, 5) is 10.5. The lowest BCUT2D eigenvalue weighted by molar-refractivity contribution is 0.667. The highest BCUT2D eigenvalue weighted by Crippen LogP contribution is 2.39. The molecule has 2 heterocycles.